The SMILES string of the molecule is OC(CNC/C=C/c1ccccc1)c1ccccc1. The first-order valence-corrected chi connectivity index (χ1v) is 6.51. The fourth-order valence-corrected chi connectivity index (χ4v) is 1.86. The zero-order valence-electron chi connectivity index (χ0n) is 10.9. The molecule has 0 saturated heterocycles. The number of benzene rings is 2. The fraction of sp³-hybridized carbons (Fsp3) is 0.176. The lowest BCUT2D eigenvalue weighted by atomic mass is 10.1. The predicted octanol–water partition coefficient (Wildman–Crippen LogP) is 3.02. The largest absolute Gasteiger partial charge is 0.387 e. The Balaban J connectivity index is 1.71. The Labute approximate surface area is 114 Å². The standard InChI is InChI=1S/C17H19NO/c19-17(16-11-5-2-6-12-16)14-18-13-7-10-15-8-3-1-4-9-15/h1-12,17-19H,13-14H2/b10-7+. The molecule has 0 fully saturated rings. The summed E-state index contributed by atoms with van der Waals surface area (Å²) in [5.74, 6) is 0. The van der Waals surface area contributed by atoms with Gasteiger partial charge < -0.3 is 10.4 Å². The summed E-state index contributed by atoms with van der Waals surface area (Å²) in [5.41, 5.74) is 2.13. The second-order valence-electron chi connectivity index (χ2n) is 4.40. The molecule has 0 spiro atoms. The minimum Gasteiger partial charge on any atom is -0.387 e. The first kappa shape index (κ1) is 13.5. The Kier molecular flexibility index (Phi) is 5.35. The minimum atomic E-state index is -0.452. The van der Waals surface area contributed by atoms with E-state index in [1.807, 2.05) is 48.5 Å². The van der Waals surface area contributed by atoms with Crippen LogP contribution in [-0.4, -0.2) is 18.2 Å². The summed E-state index contributed by atoms with van der Waals surface area (Å²) in [6.45, 7) is 1.31. The van der Waals surface area contributed by atoms with Gasteiger partial charge in [0.2, 0.25) is 0 Å². The van der Waals surface area contributed by atoms with Gasteiger partial charge in [0.25, 0.3) is 0 Å². The number of aliphatic hydroxyl groups is 1. The van der Waals surface area contributed by atoms with E-state index in [1.54, 1.807) is 0 Å². The third kappa shape index (κ3) is 4.70. The lowest BCUT2D eigenvalue weighted by Gasteiger charge is -2.10. The lowest BCUT2D eigenvalue weighted by Crippen LogP contribution is -2.21. The third-order valence-corrected chi connectivity index (χ3v) is 2.89. The summed E-state index contributed by atoms with van der Waals surface area (Å²) in [5, 5.41) is 13.2. The second-order valence-corrected chi connectivity index (χ2v) is 4.40. The Morgan fingerprint density at radius 2 is 1.58 bits per heavy atom. The van der Waals surface area contributed by atoms with E-state index in [4.69, 9.17) is 0 Å². The molecule has 1 unspecified atom stereocenters. The van der Waals surface area contributed by atoms with Gasteiger partial charge in [0.05, 0.1) is 6.10 Å². The first-order chi connectivity index (χ1) is 9.36. The van der Waals surface area contributed by atoms with E-state index < -0.39 is 6.10 Å². The van der Waals surface area contributed by atoms with Crippen LogP contribution in [0.1, 0.15) is 17.2 Å². The van der Waals surface area contributed by atoms with Gasteiger partial charge in [-0.15, -0.1) is 0 Å². The summed E-state index contributed by atoms with van der Waals surface area (Å²) >= 11 is 0. The highest BCUT2D eigenvalue weighted by molar-refractivity contribution is 5.48. The van der Waals surface area contributed by atoms with Crippen LogP contribution < -0.4 is 5.32 Å². The summed E-state index contributed by atoms with van der Waals surface area (Å²) in [4.78, 5) is 0. The molecular formula is C17H19NO. The summed E-state index contributed by atoms with van der Waals surface area (Å²) in [6.07, 6.45) is 3.68. The van der Waals surface area contributed by atoms with Crippen molar-refractivity contribution in [1.29, 1.82) is 0 Å². The van der Waals surface area contributed by atoms with Crippen LogP contribution in [0.5, 0.6) is 0 Å². The normalized spacial score (nSPS) is 12.7. The van der Waals surface area contributed by atoms with Crippen molar-refractivity contribution in [2.24, 2.45) is 0 Å². The number of hydrogen-bond donors (Lipinski definition) is 2. The lowest BCUT2D eigenvalue weighted by molar-refractivity contribution is 0.176. The van der Waals surface area contributed by atoms with Crippen LogP contribution in [0.25, 0.3) is 6.08 Å². The zero-order chi connectivity index (χ0) is 13.3. The topological polar surface area (TPSA) is 32.3 Å². The molecule has 0 aliphatic rings. The average Bonchev–Trinajstić information content (AvgIpc) is 2.49. The molecule has 2 rings (SSSR count). The third-order valence-electron chi connectivity index (χ3n) is 2.89. The molecule has 1 atom stereocenters. The molecule has 0 amide bonds. The molecule has 0 aliphatic carbocycles. The first-order valence-electron chi connectivity index (χ1n) is 6.51. The smallest absolute Gasteiger partial charge is 0.0914 e. The Morgan fingerprint density at radius 1 is 0.947 bits per heavy atom. The molecule has 0 radical (unpaired) electrons. The quantitative estimate of drug-likeness (QED) is 0.776. The molecule has 0 aromatic heterocycles. The molecular weight excluding hydrogens is 234 g/mol. The van der Waals surface area contributed by atoms with Crippen molar-refractivity contribution in [3.8, 4) is 0 Å². The van der Waals surface area contributed by atoms with Crippen LogP contribution in [0, 0.1) is 0 Å². The monoisotopic (exact) mass is 253 g/mol. The van der Waals surface area contributed by atoms with E-state index in [2.05, 4.69) is 29.6 Å². The van der Waals surface area contributed by atoms with Gasteiger partial charge >= 0.3 is 0 Å². The van der Waals surface area contributed by atoms with Gasteiger partial charge in [-0.05, 0) is 11.1 Å². The van der Waals surface area contributed by atoms with E-state index in [0.29, 0.717) is 6.54 Å². The number of nitrogens with one attached hydrogen (secondary N) is 1. The molecule has 2 N–H and O–H groups in total. The molecule has 2 aromatic rings. The van der Waals surface area contributed by atoms with E-state index >= 15 is 0 Å². The van der Waals surface area contributed by atoms with Gasteiger partial charge in [0.1, 0.15) is 0 Å². The van der Waals surface area contributed by atoms with Crippen molar-refractivity contribution in [3.05, 3.63) is 77.9 Å². The fourth-order valence-electron chi connectivity index (χ4n) is 1.86. The van der Waals surface area contributed by atoms with Crippen LogP contribution in [0.4, 0.5) is 0 Å². The van der Waals surface area contributed by atoms with Gasteiger partial charge in [-0.3, -0.25) is 0 Å². The zero-order valence-corrected chi connectivity index (χ0v) is 10.9. The minimum absolute atomic E-state index is 0.452. The van der Waals surface area contributed by atoms with Gasteiger partial charge in [0, 0.05) is 13.1 Å². The molecule has 0 aliphatic heterocycles. The molecule has 0 bridgehead atoms. The maximum absolute atomic E-state index is 9.95. The maximum Gasteiger partial charge on any atom is 0.0914 e. The number of hydrogen-bond acceptors (Lipinski definition) is 2. The Bertz CT molecular complexity index is 493. The Hall–Kier alpha value is -1.90. The van der Waals surface area contributed by atoms with E-state index in [0.717, 1.165) is 12.1 Å². The maximum atomic E-state index is 9.95. The van der Waals surface area contributed by atoms with Crippen molar-refractivity contribution in [2.75, 3.05) is 13.1 Å². The highest BCUT2D eigenvalue weighted by Gasteiger charge is 2.04. The van der Waals surface area contributed by atoms with Crippen molar-refractivity contribution in [2.45, 2.75) is 6.10 Å². The average molecular weight is 253 g/mol. The van der Waals surface area contributed by atoms with Crippen LogP contribution in [-0.2, 0) is 0 Å². The number of aliphatic hydroxyl groups excluding tert-OH is 1. The van der Waals surface area contributed by atoms with Crippen molar-refractivity contribution >= 4 is 6.08 Å². The molecule has 98 valence electrons. The summed E-state index contributed by atoms with van der Waals surface area (Å²) in [6, 6.07) is 19.9. The van der Waals surface area contributed by atoms with Crippen LogP contribution in [0.15, 0.2) is 66.7 Å². The van der Waals surface area contributed by atoms with E-state index in [-0.39, 0.29) is 0 Å². The Morgan fingerprint density at radius 3 is 2.26 bits per heavy atom. The van der Waals surface area contributed by atoms with Crippen molar-refractivity contribution in [1.82, 2.24) is 5.32 Å². The van der Waals surface area contributed by atoms with Gasteiger partial charge in [-0.2, -0.15) is 0 Å². The van der Waals surface area contributed by atoms with Crippen LogP contribution in [0.3, 0.4) is 0 Å². The van der Waals surface area contributed by atoms with Gasteiger partial charge in [-0.1, -0.05) is 72.8 Å². The molecule has 0 heterocycles. The second kappa shape index (κ2) is 7.52. The molecule has 19 heavy (non-hydrogen) atoms. The number of rotatable bonds is 6. The van der Waals surface area contributed by atoms with E-state index in [9.17, 15) is 5.11 Å². The van der Waals surface area contributed by atoms with Gasteiger partial charge in [0.15, 0.2) is 0 Å². The van der Waals surface area contributed by atoms with Crippen LogP contribution >= 0.6 is 0 Å². The molecule has 0 saturated carbocycles. The predicted molar refractivity (Wildman–Crippen MR) is 79.7 cm³/mol. The van der Waals surface area contributed by atoms with Gasteiger partial charge in [-0.25, -0.2) is 0 Å². The van der Waals surface area contributed by atoms with Crippen LogP contribution in [0.2, 0.25) is 0 Å². The molecule has 2 aromatic carbocycles. The van der Waals surface area contributed by atoms with Crippen molar-refractivity contribution in [3.63, 3.8) is 0 Å². The summed E-state index contributed by atoms with van der Waals surface area (Å²) < 4.78 is 0. The highest BCUT2D eigenvalue weighted by atomic mass is 16.3. The molecule has 2 nitrogen and oxygen atoms in total. The van der Waals surface area contributed by atoms with E-state index in [1.165, 1.54) is 5.56 Å². The highest BCUT2D eigenvalue weighted by Crippen LogP contribution is 2.10. The van der Waals surface area contributed by atoms with Crippen molar-refractivity contribution < 1.29 is 5.11 Å². The summed E-state index contributed by atoms with van der Waals surface area (Å²) in [7, 11) is 0. The molecule has 2 heteroatoms.